The zero-order chi connectivity index (χ0) is 10.2. The second-order valence-electron chi connectivity index (χ2n) is 4.02. The molecule has 0 unspecified atom stereocenters. The van der Waals surface area contributed by atoms with Crippen LogP contribution >= 0.6 is 27.5 Å². The van der Waals surface area contributed by atoms with Crippen LogP contribution in [-0.4, -0.2) is 0 Å². The van der Waals surface area contributed by atoms with Gasteiger partial charge in [-0.05, 0) is 36.6 Å². The van der Waals surface area contributed by atoms with Crippen LogP contribution in [0.3, 0.4) is 0 Å². The van der Waals surface area contributed by atoms with Crippen LogP contribution in [0.25, 0.3) is 0 Å². The molecular weight excluding hydrogens is 261 g/mol. The Labute approximate surface area is 97.8 Å². The van der Waals surface area contributed by atoms with Crippen LogP contribution in [0.4, 0.5) is 0 Å². The summed E-state index contributed by atoms with van der Waals surface area (Å²) in [5.41, 5.74) is 7.35. The Morgan fingerprint density at radius 2 is 1.86 bits per heavy atom. The van der Waals surface area contributed by atoms with E-state index in [2.05, 4.69) is 22.0 Å². The molecule has 0 heterocycles. The molecule has 1 aliphatic carbocycles. The summed E-state index contributed by atoms with van der Waals surface area (Å²) in [6.07, 6.45) is 4.58. The molecule has 2 N–H and O–H groups in total. The van der Waals surface area contributed by atoms with Crippen molar-refractivity contribution in [1.29, 1.82) is 0 Å². The molecule has 14 heavy (non-hydrogen) atoms. The van der Waals surface area contributed by atoms with Crippen LogP contribution in [-0.2, 0) is 5.54 Å². The first kappa shape index (κ1) is 10.5. The summed E-state index contributed by atoms with van der Waals surface area (Å²) in [7, 11) is 0. The van der Waals surface area contributed by atoms with Gasteiger partial charge in [-0.3, -0.25) is 0 Å². The molecule has 0 saturated heterocycles. The largest absolute Gasteiger partial charge is 0.321 e. The van der Waals surface area contributed by atoms with Crippen LogP contribution in [0.5, 0.6) is 0 Å². The van der Waals surface area contributed by atoms with Crippen LogP contribution < -0.4 is 5.73 Å². The molecule has 0 aromatic heterocycles. The van der Waals surface area contributed by atoms with Crippen molar-refractivity contribution in [2.45, 2.75) is 31.2 Å². The molecule has 1 aliphatic rings. The summed E-state index contributed by atoms with van der Waals surface area (Å²) in [6.45, 7) is 0. The fraction of sp³-hybridized carbons (Fsp3) is 0.455. The minimum Gasteiger partial charge on any atom is -0.321 e. The Balaban J connectivity index is 2.40. The molecule has 0 bridgehead atoms. The maximum absolute atomic E-state index is 6.34. The van der Waals surface area contributed by atoms with Crippen LogP contribution in [0.1, 0.15) is 31.2 Å². The van der Waals surface area contributed by atoms with Crippen molar-refractivity contribution < 1.29 is 0 Å². The Kier molecular flexibility index (Phi) is 2.87. The topological polar surface area (TPSA) is 26.0 Å². The van der Waals surface area contributed by atoms with Crippen LogP contribution in [0.2, 0.25) is 5.02 Å². The second-order valence-corrected chi connectivity index (χ2v) is 5.37. The summed E-state index contributed by atoms with van der Waals surface area (Å²) in [5.74, 6) is 0. The summed E-state index contributed by atoms with van der Waals surface area (Å²) in [5, 5.41) is 0.756. The third kappa shape index (κ3) is 1.97. The van der Waals surface area contributed by atoms with Gasteiger partial charge in [-0.1, -0.05) is 40.4 Å². The van der Waals surface area contributed by atoms with Crippen molar-refractivity contribution >= 4 is 27.5 Å². The average Bonchev–Trinajstić information content (AvgIpc) is 2.52. The summed E-state index contributed by atoms with van der Waals surface area (Å²) in [6, 6.07) is 5.96. The molecule has 0 atom stereocenters. The Bertz CT molecular complexity index is 325. The van der Waals surface area contributed by atoms with Crippen molar-refractivity contribution in [3.8, 4) is 0 Å². The molecule has 0 aliphatic heterocycles. The molecule has 1 aromatic carbocycles. The van der Waals surface area contributed by atoms with E-state index in [0.717, 1.165) is 27.9 Å². The van der Waals surface area contributed by atoms with Gasteiger partial charge >= 0.3 is 0 Å². The normalized spacial score (nSPS) is 19.9. The van der Waals surface area contributed by atoms with E-state index in [0.29, 0.717) is 0 Å². The van der Waals surface area contributed by atoms with Crippen molar-refractivity contribution in [3.05, 3.63) is 33.3 Å². The molecule has 1 fully saturated rings. The molecule has 1 saturated carbocycles. The van der Waals surface area contributed by atoms with Gasteiger partial charge in [-0.25, -0.2) is 0 Å². The third-order valence-corrected chi connectivity index (χ3v) is 3.61. The van der Waals surface area contributed by atoms with Gasteiger partial charge in [-0.2, -0.15) is 0 Å². The second kappa shape index (κ2) is 3.84. The van der Waals surface area contributed by atoms with E-state index in [1.807, 2.05) is 12.1 Å². The predicted molar refractivity (Wildman–Crippen MR) is 63.5 cm³/mol. The first-order valence-electron chi connectivity index (χ1n) is 4.86. The van der Waals surface area contributed by atoms with E-state index in [-0.39, 0.29) is 5.54 Å². The molecule has 1 nitrogen and oxygen atoms in total. The zero-order valence-corrected chi connectivity index (χ0v) is 10.2. The minimum atomic E-state index is -0.145. The highest BCUT2D eigenvalue weighted by atomic mass is 79.9. The van der Waals surface area contributed by atoms with E-state index >= 15 is 0 Å². The lowest BCUT2D eigenvalue weighted by Crippen LogP contribution is -2.33. The number of halogens is 2. The Hall–Kier alpha value is -0.0500. The van der Waals surface area contributed by atoms with Gasteiger partial charge in [-0.15, -0.1) is 0 Å². The smallest absolute Gasteiger partial charge is 0.0420 e. The summed E-state index contributed by atoms with van der Waals surface area (Å²) < 4.78 is 1.01. The van der Waals surface area contributed by atoms with E-state index in [4.69, 9.17) is 17.3 Å². The van der Waals surface area contributed by atoms with Gasteiger partial charge in [0.2, 0.25) is 0 Å². The third-order valence-electron chi connectivity index (χ3n) is 2.93. The van der Waals surface area contributed by atoms with E-state index < -0.39 is 0 Å². The SMILES string of the molecule is NC1(c2cc(Cl)cc(Br)c2)CCCC1. The fourth-order valence-electron chi connectivity index (χ4n) is 2.14. The summed E-state index contributed by atoms with van der Waals surface area (Å²) >= 11 is 9.45. The fourth-order valence-corrected chi connectivity index (χ4v) is 3.00. The standard InChI is InChI=1S/C11H13BrClN/c12-9-5-8(6-10(13)7-9)11(14)3-1-2-4-11/h5-7H,1-4,14H2. The first-order valence-corrected chi connectivity index (χ1v) is 6.03. The number of hydrogen-bond donors (Lipinski definition) is 1. The highest BCUT2D eigenvalue weighted by Gasteiger charge is 2.31. The van der Waals surface area contributed by atoms with Crippen LogP contribution in [0.15, 0.2) is 22.7 Å². The van der Waals surface area contributed by atoms with Crippen LogP contribution in [0, 0.1) is 0 Å². The number of benzene rings is 1. The number of rotatable bonds is 1. The van der Waals surface area contributed by atoms with Gasteiger partial charge in [0.25, 0.3) is 0 Å². The number of hydrogen-bond acceptors (Lipinski definition) is 1. The summed E-state index contributed by atoms with van der Waals surface area (Å²) in [4.78, 5) is 0. The Morgan fingerprint density at radius 1 is 1.21 bits per heavy atom. The molecule has 0 amide bonds. The van der Waals surface area contributed by atoms with Crippen molar-refractivity contribution in [3.63, 3.8) is 0 Å². The molecular formula is C11H13BrClN. The van der Waals surface area contributed by atoms with Gasteiger partial charge in [0, 0.05) is 15.0 Å². The lowest BCUT2D eigenvalue weighted by molar-refractivity contribution is 0.461. The monoisotopic (exact) mass is 273 g/mol. The number of nitrogens with two attached hydrogens (primary N) is 1. The quantitative estimate of drug-likeness (QED) is 0.827. The Morgan fingerprint density at radius 3 is 2.43 bits per heavy atom. The maximum atomic E-state index is 6.34. The van der Waals surface area contributed by atoms with E-state index in [1.165, 1.54) is 12.8 Å². The van der Waals surface area contributed by atoms with Gasteiger partial charge in [0.15, 0.2) is 0 Å². The molecule has 0 radical (unpaired) electrons. The lowest BCUT2D eigenvalue weighted by atomic mass is 9.90. The lowest BCUT2D eigenvalue weighted by Gasteiger charge is -2.24. The molecule has 3 heteroatoms. The first-order chi connectivity index (χ1) is 6.60. The van der Waals surface area contributed by atoms with Crippen molar-refractivity contribution in [2.75, 3.05) is 0 Å². The zero-order valence-electron chi connectivity index (χ0n) is 7.89. The van der Waals surface area contributed by atoms with Crippen molar-refractivity contribution in [2.24, 2.45) is 5.73 Å². The van der Waals surface area contributed by atoms with Gasteiger partial charge < -0.3 is 5.73 Å². The maximum Gasteiger partial charge on any atom is 0.0420 e. The molecule has 1 aromatic rings. The predicted octanol–water partition coefficient (Wildman–Crippen LogP) is 3.83. The molecule has 2 rings (SSSR count). The molecule has 0 spiro atoms. The molecule has 76 valence electrons. The minimum absolute atomic E-state index is 0.145. The van der Waals surface area contributed by atoms with Crippen molar-refractivity contribution in [1.82, 2.24) is 0 Å². The van der Waals surface area contributed by atoms with E-state index in [9.17, 15) is 0 Å². The highest BCUT2D eigenvalue weighted by molar-refractivity contribution is 9.10. The van der Waals surface area contributed by atoms with Gasteiger partial charge in [0.05, 0.1) is 0 Å². The van der Waals surface area contributed by atoms with Gasteiger partial charge in [0.1, 0.15) is 0 Å². The highest BCUT2D eigenvalue weighted by Crippen LogP contribution is 2.38. The average molecular weight is 275 g/mol. The van der Waals surface area contributed by atoms with E-state index in [1.54, 1.807) is 0 Å².